The summed E-state index contributed by atoms with van der Waals surface area (Å²) in [5.74, 6) is -0.128. The average Bonchev–Trinajstić information content (AvgIpc) is 3.40. The summed E-state index contributed by atoms with van der Waals surface area (Å²) in [6.45, 7) is 4.17. The zero-order valence-corrected chi connectivity index (χ0v) is 19.6. The average molecular weight is 463 g/mol. The molecule has 7 nitrogen and oxygen atoms in total. The number of fused-ring (bicyclic) bond motifs is 1. The third kappa shape index (κ3) is 3.22. The highest BCUT2D eigenvalue weighted by atomic mass is 32.2. The lowest BCUT2D eigenvalue weighted by molar-refractivity contribution is -0.118. The van der Waals surface area contributed by atoms with Gasteiger partial charge in [0.2, 0.25) is 5.13 Å². The molecule has 0 fully saturated rings. The molecule has 162 valence electrons. The molecule has 0 saturated heterocycles. The van der Waals surface area contributed by atoms with E-state index in [1.807, 2.05) is 36.7 Å². The van der Waals surface area contributed by atoms with E-state index in [2.05, 4.69) is 35.1 Å². The largest absolute Gasteiger partial charge is 0.384 e. The molecule has 2 aromatic heterocycles. The Labute approximate surface area is 194 Å². The van der Waals surface area contributed by atoms with Gasteiger partial charge in [0, 0.05) is 29.4 Å². The number of allylic oxidation sites excluding steroid dienone is 3. The minimum atomic E-state index is -0.498. The minimum absolute atomic E-state index is 0.0512. The number of hydrogen-bond donors (Lipinski definition) is 2. The highest BCUT2D eigenvalue weighted by Gasteiger charge is 2.45. The van der Waals surface area contributed by atoms with Crippen LogP contribution in [0.2, 0.25) is 0 Å². The first-order valence-corrected chi connectivity index (χ1v) is 12.3. The normalized spacial score (nSPS) is 20.6. The lowest BCUT2D eigenvalue weighted by Gasteiger charge is -2.42. The van der Waals surface area contributed by atoms with Crippen molar-refractivity contribution >= 4 is 44.9 Å². The molecule has 0 bridgehead atoms. The molecule has 0 saturated carbocycles. The fraction of sp³-hybridized carbons (Fsp3) is 0.304. The van der Waals surface area contributed by atoms with Crippen LogP contribution in [0.3, 0.4) is 0 Å². The zero-order valence-electron chi connectivity index (χ0n) is 18.0. The number of H-pyrrole nitrogens is 1. The Kier molecular flexibility index (Phi) is 4.87. The fourth-order valence-electron chi connectivity index (χ4n) is 4.69. The molecule has 1 aliphatic carbocycles. The molecule has 0 spiro atoms. The molecule has 1 aliphatic heterocycles. The Morgan fingerprint density at radius 1 is 1.31 bits per heavy atom. The molecule has 3 heterocycles. The summed E-state index contributed by atoms with van der Waals surface area (Å²) in [5.41, 5.74) is 10.1. The Bertz CT molecular complexity index is 1360. The van der Waals surface area contributed by atoms with Gasteiger partial charge in [-0.05, 0) is 47.2 Å². The lowest BCUT2D eigenvalue weighted by Crippen LogP contribution is -2.42. The molecular formula is C23H22N6OS2. The Morgan fingerprint density at radius 3 is 2.84 bits per heavy atom. The van der Waals surface area contributed by atoms with Crippen LogP contribution in [-0.2, 0) is 4.79 Å². The molecule has 0 radical (unpaired) electrons. The Morgan fingerprint density at radius 2 is 2.12 bits per heavy atom. The molecular weight excluding hydrogens is 440 g/mol. The topological polar surface area (TPSA) is 112 Å². The van der Waals surface area contributed by atoms with Gasteiger partial charge < -0.3 is 10.7 Å². The van der Waals surface area contributed by atoms with Crippen molar-refractivity contribution < 1.29 is 4.79 Å². The van der Waals surface area contributed by atoms with Crippen LogP contribution in [0, 0.1) is 16.7 Å². The van der Waals surface area contributed by atoms with Crippen LogP contribution in [0.15, 0.2) is 57.5 Å². The predicted octanol–water partition coefficient (Wildman–Crippen LogP) is 4.68. The summed E-state index contributed by atoms with van der Waals surface area (Å²) in [5, 5.41) is 20.3. The number of nitriles is 1. The number of aromatic nitrogens is 3. The summed E-state index contributed by atoms with van der Waals surface area (Å²) >= 11 is 2.91. The molecule has 2 aliphatic rings. The first kappa shape index (κ1) is 20.8. The van der Waals surface area contributed by atoms with Crippen molar-refractivity contribution in [1.29, 1.82) is 5.26 Å². The number of carbonyl (C=O) groups is 1. The number of carbonyl (C=O) groups excluding carboxylic acids is 1. The van der Waals surface area contributed by atoms with Crippen molar-refractivity contribution in [3.05, 3.63) is 58.7 Å². The Hall–Kier alpha value is -3.09. The molecule has 5 rings (SSSR count). The highest BCUT2D eigenvalue weighted by molar-refractivity contribution is 8.00. The highest BCUT2D eigenvalue weighted by Crippen LogP contribution is 2.50. The third-order valence-electron chi connectivity index (χ3n) is 6.05. The molecule has 3 aromatic rings. The zero-order chi connectivity index (χ0) is 22.6. The van der Waals surface area contributed by atoms with Gasteiger partial charge in [-0.3, -0.25) is 9.69 Å². The third-order valence-corrected chi connectivity index (χ3v) is 7.94. The van der Waals surface area contributed by atoms with Gasteiger partial charge in [-0.2, -0.15) is 5.26 Å². The van der Waals surface area contributed by atoms with Crippen LogP contribution in [0.25, 0.3) is 10.9 Å². The first-order valence-electron chi connectivity index (χ1n) is 10.2. The fourth-order valence-corrected chi connectivity index (χ4v) is 5.99. The number of benzene rings is 1. The van der Waals surface area contributed by atoms with Crippen molar-refractivity contribution in [1.82, 2.24) is 15.2 Å². The quantitative estimate of drug-likeness (QED) is 0.543. The van der Waals surface area contributed by atoms with Gasteiger partial charge >= 0.3 is 0 Å². The van der Waals surface area contributed by atoms with E-state index in [0.717, 1.165) is 26.5 Å². The van der Waals surface area contributed by atoms with Gasteiger partial charge in [0.25, 0.3) is 0 Å². The molecule has 1 aromatic carbocycles. The monoisotopic (exact) mass is 462 g/mol. The van der Waals surface area contributed by atoms with Gasteiger partial charge in [0.05, 0.1) is 17.6 Å². The van der Waals surface area contributed by atoms with Gasteiger partial charge in [-0.25, -0.2) is 0 Å². The summed E-state index contributed by atoms with van der Waals surface area (Å²) in [6, 6.07) is 10.3. The van der Waals surface area contributed by atoms with Crippen molar-refractivity contribution in [3.63, 3.8) is 0 Å². The summed E-state index contributed by atoms with van der Waals surface area (Å²) in [6.07, 6.45) is 4.90. The van der Waals surface area contributed by atoms with Crippen LogP contribution in [0.5, 0.6) is 0 Å². The van der Waals surface area contributed by atoms with Crippen LogP contribution in [0.1, 0.15) is 38.2 Å². The maximum atomic E-state index is 13.5. The number of aromatic amines is 1. The number of rotatable bonds is 3. The molecule has 1 unspecified atom stereocenters. The molecule has 32 heavy (non-hydrogen) atoms. The van der Waals surface area contributed by atoms with E-state index in [4.69, 9.17) is 5.73 Å². The summed E-state index contributed by atoms with van der Waals surface area (Å²) in [4.78, 5) is 18.5. The number of Topliss-reactive ketones (excluding diaryl/α,β-unsaturated/α-hetero) is 1. The predicted molar refractivity (Wildman–Crippen MR) is 127 cm³/mol. The molecule has 0 amide bonds. The van der Waals surface area contributed by atoms with Crippen molar-refractivity contribution in [2.75, 3.05) is 11.2 Å². The second-order valence-corrected chi connectivity index (χ2v) is 10.9. The van der Waals surface area contributed by atoms with E-state index in [1.165, 1.54) is 23.1 Å². The first-order chi connectivity index (χ1) is 15.3. The number of anilines is 1. The van der Waals surface area contributed by atoms with E-state index in [-0.39, 0.29) is 11.2 Å². The lowest BCUT2D eigenvalue weighted by atomic mass is 9.68. The van der Waals surface area contributed by atoms with E-state index in [9.17, 15) is 10.1 Å². The molecule has 3 N–H and O–H groups in total. The van der Waals surface area contributed by atoms with Crippen LogP contribution < -0.4 is 10.6 Å². The van der Waals surface area contributed by atoms with Crippen LogP contribution in [0.4, 0.5) is 5.13 Å². The SMILES string of the molecule is CSc1nnc(N2C(N)=C(C#N)C(c3ccc4[nH]ccc4c3)C3=C2CC(C)(C)CC3=O)s1. The van der Waals surface area contributed by atoms with E-state index >= 15 is 0 Å². The maximum Gasteiger partial charge on any atom is 0.219 e. The summed E-state index contributed by atoms with van der Waals surface area (Å²) in [7, 11) is 0. The smallest absolute Gasteiger partial charge is 0.219 e. The second kappa shape index (κ2) is 7.50. The van der Waals surface area contributed by atoms with Gasteiger partial charge in [0.1, 0.15) is 5.82 Å². The number of ketones is 1. The van der Waals surface area contributed by atoms with Crippen molar-refractivity contribution in [3.8, 4) is 6.07 Å². The number of hydrogen-bond acceptors (Lipinski definition) is 8. The van der Waals surface area contributed by atoms with Crippen molar-refractivity contribution in [2.45, 2.75) is 36.9 Å². The van der Waals surface area contributed by atoms with Gasteiger partial charge in [0.15, 0.2) is 10.1 Å². The second-order valence-electron chi connectivity index (χ2n) is 8.86. The Balaban J connectivity index is 1.76. The van der Waals surface area contributed by atoms with E-state index in [1.54, 1.807) is 4.90 Å². The number of nitrogens with zero attached hydrogens (tertiary/aromatic N) is 4. The van der Waals surface area contributed by atoms with Gasteiger partial charge in [-0.1, -0.05) is 43.0 Å². The van der Waals surface area contributed by atoms with Crippen LogP contribution in [-0.4, -0.2) is 27.2 Å². The van der Waals surface area contributed by atoms with Crippen molar-refractivity contribution in [2.24, 2.45) is 11.1 Å². The van der Waals surface area contributed by atoms with Gasteiger partial charge in [-0.15, -0.1) is 10.2 Å². The number of nitrogens with two attached hydrogens (primary N) is 1. The number of thioether (sulfide) groups is 1. The van der Waals surface area contributed by atoms with Crippen LogP contribution >= 0.6 is 23.1 Å². The molecule has 1 atom stereocenters. The number of nitrogens with one attached hydrogen (secondary N) is 1. The minimum Gasteiger partial charge on any atom is -0.384 e. The standard InChI is InChI=1S/C23H22N6OS2/c1-23(2)9-16-19(17(30)10-23)18(13-4-5-15-12(8-13)6-7-26-15)14(11-24)20(25)29(16)21-27-28-22(31-3)32-21/h4-8,18,26H,9-10,25H2,1-3H3. The van der Waals surface area contributed by atoms with E-state index < -0.39 is 5.92 Å². The molecule has 9 heteroatoms. The van der Waals surface area contributed by atoms with E-state index in [0.29, 0.717) is 34.9 Å². The maximum absolute atomic E-state index is 13.5. The summed E-state index contributed by atoms with van der Waals surface area (Å²) < 4.78 is 0.801.